The fourth-order valence-electron chi connectivity index (χ4n) is 2.48. The maximum absolute atomic E-state index is 10.3. The Labute approximate surface area is 111 Å². The van der Waals surface area contributed by atoms with Gasteiger partial charge in [-0.1, -0.05) is 56.9 Å². The maximum Gasteiger partial charge on any atom is 0.0621 e. The summed E-state index contributed by atoms with van der Waals surface area (Å²) in [6.45, 7) is 4.80. The third kappa shape index (κ3) is 4.43. The number of nitrogens with two attached hydrogens (primary N) is 1. The highest BCUT2D eigenvalue weighted by atomic mass is 16.3. The Morgan fingerprint density at radius 2 is 1.89 bits per heavy atom. The van der Waals surface area contributed by atoms with Crippen molar-refractivity contribution in [1.82, 2.24) is 0 Å². The van der Waals surface area contributed by atoms with E-state index in [9.17, 15) is 5.11 Å². The SMILES string of the molecule is CCCCCCC(O)C(CN)c1ccccc1C. The minimum atomic E-state index is -0.312. The Kier molecular flexibility index (Phi) is 6.99. The number of hydrogen-bond donors (Lipinski definition) is 2. The molecule has 0 heterocycles. The second-order valence-electron chi connectivity index (χ2n) is 5.12. The van der Waals surface area contributed by atoms with Gasteiger partial charge in [0.1, 0.15) is 0 Å². The summed E-state index contributed by atoms with van der Waals surface area (Å²) in [5, 5.41) is 10.3. The second-order valence-corrected chi connectivity index (χ2v) is 5.12. The topological polar surface area (TPSA) is 46.2 Å². The number of aryl methyl sites for hydroxylation is 1. The Balaban J connectivity index is 2.57. The molecule has 0 amide bonds. The molecule has 18 heavy (non-hydrogen) atoms. The van der Waals surface area contributed by atoms with Crippen LogP contribution in [-0.2, 0) is 0 Å². The summed E-state index contributed by atoms with van der Waals surface area (Å²) in [7, 11) is 0. The number of hydrogen-bond acceptors (Lipinski definition) is 2. The minimum Gasteiger partial charge on any atom is -0.392 e. The molecule has 0 saturated carbocycles. The van der Waals surface area contributed by atoms with E-state index in [0.717, 1.165) is 12.8 Å². The lowest BCUT2D eigenvalue weighted by atomic mass is 9.88. The van der Waals surface area contributed by atoms with Crippen LogP contribution in [0.2, 0.25) is 0 Å². The van der Waals surface area contributed by atoms with Crippen LogP contribution in [0.5, 0.6) is 0 Å². The molecule has 0 aliphatic heterocycles. The molecule has 0 spiro atoms. The Morgan fingerprint density at radius 3 is 2.50 bits per heavy atom. The third-order valence-electron chi connectivity index (χ3n) is 3.66. The highest BCUT2D eigenvalue weighted by Gasteiger charge is 2.20. The summed E-state index contributed by atoms with van der Waals surface area (Å²) in [5.41, 5.74) is 8.26. The Hall–Kier alpha value is -0.860. The predicted molar refractivity (Wildman–Crippen MR) is 77.7 cm³/mol. The Morgan fingerprint density at radius 1 is 1.17 bits per heavy atom. The molecule has 1 aromatic rings. The second kappa shape index (κ2) is 8.28. The molecule has 2 nitrogen and oxygen atoms in total. The van der Waals surface area contributed by atoms with E-state index < -0.39 is 0 Å². The largest absolute Gasteiger partial charge is 0.392 e. The van der Waals surface area contributed by atoms with E-state index in [2.05, 4.69) is 26.0 Å². The summed E-state index contributed by atoms with van der Waals surface area (Å²) >= 11 is 0. The van der Waals surface area contributed by atoms with E-state index in [1.165, 1.54) is 30.4 Å². The number of benzene rings is 1. The average Bonchev–Trinajstić information content (AvgIpc) is 2.38. The van der Waals surface area contributed by atoms with E-state index in [-0.39, 0.29) is 12.0 Å². The van der Waals surface area contributed by atoms with Crippen molar-refractivity contribution in [1.29, 1.82) is 0 Å². The van der Waals surface area contributed by atoms with E-state index in [4.69, 9.17) is 5.73 Å². The van der Waals surface area contributed by atoms with Gasteiger partial charge in [0.2, 0.25) is 0 Å². The molecular weight excluding hydrogens is 222 g/mol. The Bertz CT molecular complexity index is 338. The molecule has 1 rings (SSSR count). The first-order valence-corrected chi connectivity index (χ1v) is 7.14. The molecule has 3 N–H and O–H groups in total. The van der Waals surface area contributed by atoms with E-state index in [1.807, 2.05) is 12.1 Å². The summed E-state index contributed by atoms with van der Waals surface area (Å²) in [6, 6.07) is 8.22. The summed E-state index contributed by atoms with van der Waals surface area (Å²) in [6.07, 6.45) is 5.33. The van der Waals surface area contributed by atoms with Crippen LogP contribution in [-0.4, -0.2) is 17.8 Å². The van der Waals surface area contributed by atoms with Crippen molar-refractivity contribution in [2.24, 2.45) is 5.73 Å². The smallest absolute Gasteiger partial charge is 0.0621 e. The van der Waals surface area contributed by atoms with Gasteiger partial charge in [0.15, 0.2) is 0 Å². The molecule has 0 aliphatic rings. The number of aliphatic hydroxyl groups is 1. The molecular formula is C16H27NO. The highest BCUT2D eigenvalue weighted by Crippen LogP contribution is 2.25. The van der Waals surface area contributed by atoms with Gasteiger partial charge in [0.25, 0.3) is 0 Å². The average molecular weight is 249 g/mol. The number of rotatable bonds is 8. The van der Waals surface area contributed by atoms with Crippen LogP contribution in [0.4, 0.5) is 0 Å². The van der Waals surface area contributed by atoms with Gasteiger partial charge >= 0.3 is 0 Å². The van der Waals surface area contributed by atoms with Gasteiger partial charge < -0.3 is 10.8 Å². The maximum atomic E-state index is 10.3. The first-order chi connectivity index (χ1) is 8.70. The van der Waals surface area contributed by atoms with Crippen molar-refractivity contribution in [3.05, 3.63) is 35.4 Å². The van der Waals surface area contributed by atoms with Gasteiger partial charge in [0, 0.05) is 12.5 Å². The van der Waals surface area contributed by atoms with E-state index >= 15 is 0 Å². The molecule has 1 aromatic carbocycles. The molecule has 2 atom stereocenters. The summed E-state index contributed by atoms with van der Waals surface area (Å²) in [5.74, 6) is 0.0767. The molecule has 0 saturated heterocycles. The summed E-state index contributed by atoms with van der Waals surface area (Å²) in [4.78, 5) is 0. The van der Waals surface area contributed by atoms with Crippen molar-refractivity contribution in [3.63, 3.8) is 0 Å². The fraction of sp³-hybridized carbons (Fsp3) is 0.625. The molecule has 2 heteroatoms. The lowest BCUT2D eigenvalue weighted by molar-refractivity contribution is 0.132. The molecule has 2 unspecified atom stereocenters. The van der Waals surface area contributed by atoms with Crippen molar-refractivity contribution in [2.45, 2.75) is 58.0 Å². The summed E-state index contributed by atoms with van der Waals surface area (Å²) < 4.78 is 0. The van der Waals surface area contributed by atoms with Crippen LogP contribution >= 0.6 is 0 Å². The van der Waals surface area contributed by atoms with Gasteiger partial charge in [-0.15, -0.1) is 0 Å². The molecule has 0 bridgehead atoms. The van der Waals surface area contributed by atoms with Crippen LogP contribution in [0, 0.1) is 6.92 Å². The number of aliphatic hydroxyl groups excluding tert-OH is 1. The van der Waals surface area contributed by atoms with Gasteiger partial charge in [-0.2, -0.15) is 0 Å². The normalized spacial score (nSPS) is 14.4. The quantitative estimate of drug-likeness (QED) is 0.694. The van der Waals surface area contributed by atoms with Gasteiger partial charge in [-0.05, 0) is 24.5 Å². The zero-order valence-corrected chi connectivity index (χ0v) is 11.7. The van der Waals surface area contributed by atoms with Crippen LogP contribution in [0.1, 0.15) is 56.1 Å². The lowest BCUT2D eigenvalue weighted by Crippen LogP contribution is -2.26. The molecule has 0 radical (unpaired) electrons. The fourth-order valence-corrected chi connectivity index (χ4v) is 2.48. The van der Waals surface area contributed by atoms with Gasteiger partial charge in [-0.3, -0.25) is 0 Å². The zero-order valence-electron chi connectivity index (χ0n) is 11.7. The highest BCUT2D eigenvalue weighted by molar-refractivity contribution is 5.30. The van der Waals surface area contributed by atoms with Gasteiger partial charge in [-0.25, -0.2) is 0 Å². The van der Waals surface area contributed by atoms with E-state index in [0.29, 0.717) is 6.54 Å². The van der Waals surface area contributed by atoms with Crippen molar-refractivity contribution in [3.8, 4) is 0 Å². The first-order valence-electron chi connectivity index (χ1n) is 7.14. The molecule has 102 valence electrons. The first kappa shape index (κ1) is 15.2. The third-order valence-corrected chi connectivity index (χ3v) is 3.66. The molecule has 0 fully saturated rings. The van der Waals surface area contributed by atoms with Gasteiger partial charge in [0.05, 0.1) is 6.10 Å². The zero-order chi connectivity index (χ0) is 13.4. The standard InChI is InChI=1S/C16H27NO/c1-3-4-5-6-11-16(18)15(12-17)14-10-8-7-9-13(14)2/h7-10,15-16,18H,3-6,11-12,17H2,1-2H3. The molecule has 0 aromatic heterocycles. The predicted octanol–water partition coefficient (Wildman–Crippen LogP) is 3.37. The van der Waals surface area contributed by atoms with Crippen molar-refractivity contribution < 1.29 is 5.11 Å². The lowest BCUT2D eigenvalue weighted by Gasteiger charge is -2.23. The van der Waals surface area contributed by atoms with Crippen LogP contribution < -0.4 is 5.73 Å². The number of unbranched alkanes of at least 4 members (excludes halogenated alkanes) is 3. The van der Waals surface area contributed by atoms with Crippen molar-refractivity contribution >= 4 is 0 Å². The van der Waals surface area contributed by atoms with Crippen LogP contribution in [0.15, 0.2) is 24.3 Å². The monoisotopic (exact) mass is 249 g/mol. The minimum absolute atomic E-state index is 0.0767. The van der Waals surface area contributed by atoms with E-state index in [1.54, 1.807) is 0 Å². The van der Waals surface area contributed by atoms with Crippen molar-refractivity contribution in [2.75, 3.05) is 6.54 Å². The molecule has 0 aliphatic carbocycles. The van der Waals surface area contributed by atoms with Crippen LogP contribution in [0.25, 0.3) is 0 Å². The van der Waals surface area contributed by atoms with Crippen LogP contribution in [0.3, 0.4) is 0 Å².